The zero-order valence-electron chi connectivity index (χ0n) is 16.7. The zero-order chi connectivity index (χ0) is 23.1. The minimum atomic E-state index is -1.22. The molecule has 0 fully saturated rings. The molecule has 3 amide bonds. The second-order valence-electron chi connectivity index (χ2n) is 6.95. The molecule has 0 heterocycles. The van der Waals surface area contributed by atoms with Gasteiger partial charge in [-0.05, 0) is 32.9 Å². The first-order valence-corrected chi connectivity index (χ1v) is 10.2. The lowest BCUT2D eigenvalue weighted by atomic mass is 10.2. The maximum absolute atomic E-state index is 12.5. The highest BCUT2D eigenvalue weighted by molar-refractivity contribution is 9.10. The minimum Gasteiger partial charge on any atom is -0.467 e. The molecule has 0 saturated carbocycles. The highest BCUT2D eigenvalue weighted by Gasteiger charge is 2.25. The number of ether oxygens (including phenoxy) is 2. The lowest BCUT2D eigenvalue weighted by molar-refractivity contribution is -0.142. The smallest absolute Gasteiger partial charge is 0.408 e. The number of carbonyl (C=O) groups is 4. The fourth-order valence-electron chi connectivity index (χ4n) is 2.07. The summed E-state index contributed by atoms with van der Waals surface area (Å²) in [6.45, 7) is 4.36. The van der Waals surface area contributed by atoms with Crippen molar-refractivity contribution in [3.8, 4) is 0 Å². The van der Waals surface area contributed by atoms with E-state index in [-0.39, 0.29) is 28.7 Å². The number of amides is 3. The molecule has 3 N–H and O–H groups in total. The first kappa shape index (κ1) is 26.0. The Morgan fingerprint density at radius 2 is 1.67 bits per heavy atom. The van der Waals surface area contributed by atoms with Crippen molar-refractivity contribution >= 4 is 63.0 Å². The molecule has 0 saturated heterocycles. The van der Waals surface area contributed by atoms with Crippen LogP contribution >= 0.6 is 39.1 Å². The van der Waals surface area contributed by atoms with Crippen LogP contribution in [0.4, 0.5) is 4.79 Å². The van der Waals surface area contributed by atoms with Crippen LogP contribution in [-0.2, 0) is 19.1 Å². The van der Waals surface area contributed by atoms with Gasteiger partial charge in [-0.25, -0.2) is 9.59 Å². The maximum Gasteiger partial charge on any atom is 0.408 e. The van der Waals surface area contributed by atoms with E-state index in [2.05, 4.69) is 36.6 Å². The third-order valence-electron chi connectivity index (χ3n) is 3.32. The molecule has 12 heteroatoms. The summed E-state index contributed by atoms with van der Waals surface area (Å²) >= 11 is 15.3. The van der Waals surface area contributed by atoms with Gasteiger partial charge in [-0.1, -0.05) is 39.1 Å². The van der Waals surface area contributed by atoms with Gasteiger partial charge in [0.25, 0.3) is 5.91 Å². The maximum atomic E-state index is 12.5. The Morgan fingerprint density at radius 1 is 1.10 bits per heavy atom. The number of esters is 1. The van der Waals surface area contributed by atoms with Crippen molar-refractivity contribution in [1.29, 1.82) is 0 Å². The van der Waals surface area contributed by atoms with E-state index < -0.39 is 35.5 Å². The molecule has 0 unspecified atom stereocenters. The van der Waals surface area contributed by atoms with Crippen LogP contribution < -0.4 is 16.0 Å². The molecular formula is C18H22BrCl2N3O6. The molecule has 1 rings (SSSR count). The highest BCUT2D eigenvalue weighted by atomic mass is 79.9. The Morgan fingerprint density at radius 3 is 2.17 bits per heavy atom. The highest BCUT2D eigenvalue weighted by Crippen LogP contribution is 2.29. The Balaban J connectivity index is 2.71. The summed E-state index contributed by atoms with van der Waals surface area (Å²) in [6, 6.07) is 1.72. The summed E-state index contributed by atoms with van der Waals surface area (Å²) in [5, 5.41) is 7.24. The molecule has 0 aromatic heterocycles. The fraction of sp³-hybridized carbons (Fsp3) is 0.444. The predicted octanol–water partition coefficient (Wildman–Crippen LogP) is 2.67. The largest absolute Gasteiger partial charge is 0.467 e. The van der Waals surface area contributed by atoms with E-state index in [1.807, 2.05) is 0 Å². The molecule has 0 bridgehead atoms. The number of halogens is 3. The van der Waals surface area contributed by atoms with Gasteiger partial charge in [-0.3, -0.25) is 9.59 Å². The van der Waals surface area contributed by atoms with Gasteiger partial charge in [0.2, 0.25) is 5.91 Å². The predicted molar refractivity (Wildman–Crippen MR) is 115 cm³/mol. The topological polar surface area (TPSA) is 123 Å². The van der Waals surface area contributed by atoms with Gasteiger partial charge in [-0.15, -0.1) is 0 Å². The van der Waals surface area contributed by atoms with E-state index in [0.717, 1.165) is 7.11 Å². The van der Waals surface area contributed by atoms with E-state index in [4.69, 9.17) is 27.9 Å². The van der Waals surface area contributed by atoms with Crippen molar-refractivity contribution in [2.24, 2.45) is 0 Å². The van der Waals surface area contributed by atoms with Crippen molar-refractivity contribution in [2.45, 2.75) is 32.4 Å². The third-order valence-corrected chi connectivity index (χ3v) is 4.37. The van der Waals surface area contributed by atoms with Gasteiger partial charge < -0.3 is 25.4 Å². The number of nitrogens with one attached hydrogen (secondary N) is 3. The summed E-state index contributed by atoms with van der Waals surface area (Å²) in [5.41, 5.74) is -0.746. The van der Waals surface area contributed by atoms with E-state index in [9.17, 15) is 19.2 Å². The summed E-state index contributed by atoms with van der Waals surface area (Å²) < 4.78 is 10.2. The number of carbonyl (C=O) groups excluding carboxylic acids is 4. The van der Waals surface area contributed by atoms with Crippen molar-refractivity contribution < 1.29 is 28.7 Å². The summed E-state index contributed by atoms with van der Waals surface area (Å²) in [5.74, 6) is -2.13. The third kappa shape index (κ3) is 8.76. The van der Waals surface area contributed by atoms with Crippen LogP contribution in [0.25, 0.3) is 0 Å². The lowest BCUT2D eigenvalue weighted by Crippen LogP contribution is -2.50. The van der Waals surface area contributed by atoms with Crippen molar-refractivity contribution in [1.82, 2.24) is 16.0 Å². The number of alkyl carbamates (subject to hydrolysis) is 1. The summed E-state index contributed by atoms with van der Waals surface area (Å²) in [4.78, 5) is 48.0. The average molecular weight is 527 g/mol. The Bertz CT molecular complexity index is 806. The van der Waals surface area contributed by atoms with Crippen LogP contribution in [0.1, 0.15) is 31.1 Å². The molecule has 1 aromatic rings. The van der Waals surface area contributed by atoms with E-state index in [1.165, 1.54) is 12.1 Å². The van der Waals surface area contributed by atoms with Gasteiger partial charge in [0, 0.05) is 11.0 Å². The molecule has 0 aliphatic carbocycles. The van der Waals surface area contributed by atoms with Crippen molar-refractivity contribution in [2.75, 3.05) is 20.2 Å². The molecule has 9 nitrogen and oxygen atoms in total. The van der Waals surface area contributed by atoms with Crippen molar-refractivity contribution in [3.05, 3.63) is 32.2 Å². The van der Waals surface area contributed by atoms with Gasteiger partial charge in [0.15, 0.2) is 0 Å². The van der Waals surface area contributed by atoms with Gasteiger partial charge in [-0.2, -0.15) is 0 Å². The van der Waals surface area contributed by atoms with Gasteiger partial charge in [0.05, 0.1) is 29.3 Å². The SMILES string of the molecule is COC(=O)[C@H](CNC(=O)CNC(=O)OC(C)(C)C)NC(=O)c1c(Cl)cc(Br)cc1Cl. The second-order valence-corrected chi connectivity index (χ2v) is 8.68. The fourth-order valence-corrected chi connectivity index (χ4v) is 3.45. The van der Waals surface area contributed by atoms with Gasteiger partial charge in [0.1, 0.15) is 11.6 Å². The molecule has 0 spiro atoms. The number of methoxy groups -OCH3 is 1. The summed E-state index contributed by atoms with van der Waals surface area (Å²) in [6.07, 6.45) is -0.769. The zero-order valence-corrected chi connectivity index (χ0v) is 19.8. The van der Waals surface area contributed by atoms with Crippen LogP contribution in [0.5, 0.6) is 0 Å². The molecular weight excluding hydrogens is 505 g/mol. The Kier molecular flexibility index (Phi) is 9.86. The second kappa shape index (κ2) is 11.4. The van der Waals surface area contributed by atoms with E-state index in [1.54, 1.807) is 20.8 Å². The molecule has 0 aliphatic heterocycles. The number of hydrogen-bond donors (Lipinski definition) is 3. The monoisotopic (exact) mass is 525 g/mol. The van der Waals surface area contributed by atoms with Gasteiger partial charge >= 0.3 is 12.1 Å². The van der Waals surface area contributed by atoms with E-state index in [0.29, 0.717) is 4.47 Å². The molecule has 0 aliphatic rings. The Labute approximate surface area is 192 Å². The quantitative estimate of drug-likeness (QED) is 0.469. The molecule has 1 aromatic carbocycles. The van der Waals surface area contributed by atoms with E-state index >= 15 is 0 Å². The normalized spacial score (nSPS) is 11.8. The van der Waals surface area contributed by atoms with Crippen molar-refractivity contribution in [3.63, 3.8) is 0 Å². The average Bonchev–Trinajstić information content (AvgIpc) is 2.60. The summed E-state index contributed by atoms with van der Waals surface area (Å²) in [7, 11) is 1.13. The van der Waals surface area contributed by atoms with Crippen LogP contribution in [-0.4, -0.2) is 55.7 Å². The standard InChI is InChI=1S/C18H22BrCl2N3O6/c1-18(2,3)30-17(28)23-8-13(25)22-7-12(16(27)29-4)24-15(26)14-10(20)5-9(19)6-11(14)21/h5-6,12H,7-8H2,1-4H3,(H,22,25)(H,23,28)(H,24,26)/t12-/m0/s1. The molecule has 1 atom stereocenters. The van der Waals surface area contributed by atoms with Crippen LogP contribution in [0, 0.1) is 0 Å². The lowest BCUT2D eigenvalue weighted by Gasteiger charge is -2.20. The molecule has 0 radical (unpaired) electrons. The molecule has 30 heavy (non-hydrogen) atoms. The number of benzene rings is 1. The Hall–Kier alpha value is -2.04. The first-order valence-electron chi connectivity index (χ1n) is 8.61. The van der Waals surface area contributed by atoms with Crippen LogP contribution in [0.15, 0.2) is 16.6 Å². The van der Waals surface area contributed by atoms with Crippen LogP contribution in [0.2, 0.25) is 10.0 Å². The first-order chi connectivity index (χ1) is 13.8. The number of hydrogen-bond acceptors (Lipinski definition) is 6. The molecule has 166 valence electrons. The number of rotatable bonds is 7. The van der Waals surface area contributed by atoms with Crippen LogP contribution in [0.3, 0.4) is 0 Å². The minimum absolute atomic E-state index is 0.0339.